The van der Waals surface area contributed by atoms with Gasteiger partial charge in [0.2, 0.25) is 0 Å². The molecule has 1 amide bonds. The van der Waals surface area contributed by atoms with E-state index in [0.717, 1.165) is 0 Å². The van der Waals surface area contributed by atoms with Crippen LogP contribution in [0.5, 0.6) is 0 Å². The first-order valence-corrected chi connectivity index (χ1v) is 6.71. The Labute approximate surface area is 128 Å². The fourth-order valence-electron chi connectivity index (χ4n) is 1.69. The van der Waals surface area contributed by atoms with Crippen molar-refractivity contribution in [3.8, 4) is 0 Å². The Morgan fingerprint density at radius 2 is 2.14 bits per heavy atom. The summed E-state index contributed by atoms with van der Waals surface area (Å²) >= 11 is 3.16. The Hall–Kier alpha value is -2.32. The fraction of sp³-hybridized carbons (Fsp3) is 0.0769. The molecule has 0 saturated carbocycles. The zero-order valence-corrected chi connectivity index (χ0v) is 12.3. The minimum atomic E-state index is -0.557. The Balaban J connectivity index is 2.29. The van der Waals surface area contributed by atoms with E-state index in [2.05, 4.69) is 26.2 Å². The van der Waals surface area contributed by atoms with Crippen LogP contribution in [0.15, 0.2) is 41.0 Å². The molecule has 1 aromatic heterocycles. The van der Waals surface area contributed by atoms with Gasteiger partial charge in [0, 0.05) is 28.8 Å². The zero-order valence-electron chi connectivity index (χ0n) is 10.7. The number of carbonyl (C=O) groups excluding carboxylic acids is 1. The van der Waals surface area contributed by atoms with E-state index in [-0.39, 0.29) is 17.9 Å². The molecule has 0 unspecified atom stereocenters. The summed E-state index contributed by atoms with van der Waals surface area (Å²) in [7, 11) is 0. The molecular weight excluding hydrogens is 340 g/mol. The van der Waals surface area contributed by atoms with Crippen molar-refractivity contribution in [2.24, 2.45) is 5.73 Å². The number of hydrogen-bond acceptors (Lipinski definition) is 5. The molecule has 0 fully saturated rings. The number of hydrogen-bond donors (Lipinski definition) is 2. The summed E-state index contributed by atoms with van der Waals surface area (Å²) in [5.74, 6) is -0.461. The van der Waals surface area contributed by atoms with Gasteiger partial charge in [0.05, 0.1) is 10.6 Å². The molecule has 0 aliphatic rings. The lowest BCUT2D eigenvalue weighted by Crippen LogP contribution is -2.14. The van der Waals surface area contributed by atoms with Crippen LogP contribution in [-0.2, 0) is 6.54 Å². The Kier molecular flexibility index (Phi) is 4.61. The van der Waals surface area contributed by atoms with Crippen molar-refractivity contribution in [2.75, 3.05) is 5.32 Å². The van der Waals surface area contributed by atoms with Crippen LogP contribution < -0.4 is 11.1 Å². The van der Waals surface area contributed by atoms with Gasteiger partial charge in [0.15, 0.2) is 0 Å². The summed E-state index contributed by atoms with van der Waals surface area (Å²) in [6, 6.07) is 7.46. The lowest BCUT2D eigenvalue weighted by molar-refractivity contribution is -0.384. The van der Waals surface area contributed by atoms with Gasteiger partial charge in [-0.3, -0.25) is 19.9 Å². The predicted molar refractivity (Wildman–Crippen MR) is 80.9 cm³/mol. The van der Waals surface area contributed by atoms with Crippen LogP contribution in [0.2, 0.25) is 0 Å². The van der Waals surface area contributed by atoms with E-state index >= 15 is 0 Å². The first kappa shape index (κ1) is 15.1. The van der Waals surface area contributed by atoms with Crippen LogP contribution in [-0.4, -0.2) is 15.8 Å². The maximum atomic E-state index is 12.1. The Bertz CT molecular complexity index is 706. The summed E-state index contributed by atoms with van der Waals surface area (Å²) in [6.45, 7) is 0.208. The number of aromatic nitrogens is 1. The van der Waals surface area contributed by atoms with Crippen molar-refractivity contribution < 1.29 is 9.72 Å². The second-order valence-electron chi connectivity index (χ2n) is 4.11. The SMILES string of the molecule is NCc1cc(C(=O)Nc2ccc(Br)cc2[N+](=O)[O-])ccn1. The zero-order chi connectivity index (χ0) is 15.4. The summed E-state index contributed by atoms with van der Waals surface area (Å²) in [5.41, 5.74) is 6.30. The van der Waals surface area contributed by atoms with Crippen molar-refractivity contribution in [3.05, 3.63) is 62.4 Å². The molecule has 0 aliphatic heterocycles. The molecule has 0 radical (unpaired) electrons. The molecule has 1 heterocycles. The minimum absolute atomic E-state index is 0.124. The van der Waals surface area contributed by atoms with Gasteiger partial charge >= 0.3 is 0 Å². The number of nitro groups is 1. The normalized spacial score (nSPS) is 10.2. The van der Waals surface area contributed by atoms with Gasteiger partial charge in [0.25, 0.3) is 11.6 Å². The van der Waals surface area contributed by atoms with Crippen LogP contribution in [0.1, 0.15) is 16.1 Å². The molecule has 7 nitrogen and oxygen atoms in total. The number of anilines is 1. The number of pyridine rings is 1. The third kappa shape index (κ3) is 3.61. The van der Waals surface area contributed by atoms with Crippen LogP contribution >= 0.6 is 15.9 Å². The van der Waals surface area contributed by atoms with Crippen LogP contribution in [0.4, 0.5) is 11.4 Å². The van der Waals surface area contributed by atoms with Gasteiger partial charge in [-0.1, -0.05) is 15.9 Å². The molecule has 0 aliphatic carbocycles. The molecule has 8 heteroatoms. The van der Waals surface area contributed by atoms with E-state index in [9.17, 15) is 14.9 Å². The number of nitrogens with two attached hydrogens (primary N) is 1. The summed E-state index contributed by atoms with van der Waals surface area (Å²) < 4.78 is 0.557. The third-order valence-electron chi connectivity index (χ3n) is 2.69. The van der Waals surface area contributed by atoms with Crippen molar-refractivity contribution in [3.63, 3.8) is 0 Å². The van der Waals surface area contributed by atoms with E-state index in [1.165, 1.54) is 24.4 Å². The van der Waals surface area contributed by atoms with Gasteiger partial charge in [0.1, 0.15) is 5.69 Å². The molecular formula is C13H11BrN4O3. The van der Waals surface area contributed by atoms with Gasteiger partial charge in [-0.25, -0.2) is 0 Å². The molecule has 21 heavy (non-hydrogen) atoms. The molecule has 3 N–H and O–H groups in total. The number of rotatable bonds is 4. The lowest BCUT2D eigenvalue weighted by Gasteiger charge is -2.07. The number of nitrogens with one attached hydrogen (secondary N) is 1. The molecule has 2 aromatic rings. The monoisotopic (exact) mass is 350 g/mol. The lowest BCUT2D eigenvalue weighted by atomic mass is 10.2. The smallest absolute Gasteiger partial charge is 0.293 e. The summed E-state index contributed by atoms with van der Waals surface area (Å²) in [5, 5.41) is 13.5. The number of nitro benzene ring substituents is 1. The Morgan fingerprint density at radius 1 is 1.38 bits per heavy atom. The number of carbonyl (C=O) groups is 1. The number of nitrogens with zero attached hydrogens (tertiary/aromatic N) is 2. The second kappa shape index (κ2) is 6.42. The van der Waals surface area contributed by atoms with Crippen molar-refractivity contribution in [1.82, 2.24) is 4.98 Å². The number of halogens is 1. The number of amides is 1. The average molecular weight is 351 g/mol. The molecule has 1 aromatic carbocycles. The second-order valence-corrected chi connectivity index (χ2v) is 5.03. The average Bonchev–Trinajstić information content (AvgIpc) is 2.48. The predicted octanol–water partition coefficient (Wildman–Crippen LogP) is 2.46. The highest BCUT2D eigenvalue weighted by Crippen LogP contribution is 2.28. The van der Waals surface area contributed by atoms with Gasteiger partial charge in [-0.15, -0.1) is 0 Å². The molecule has 0 bridgehead atoms. The van der Waals surface area contributed by atoms with Crippen LogP contribution in [0.25, 0.3) is 0 Å². The maximum Gasteiger partial charge on any atom is 0.293 e. The molecule has 0 spiro atoms. The highest BCUT2D eigenvalue weighted by atomic mass is 79.9. The minimum Gasteiger partial charge on any atom is -0.325 e. The fourth-order valence-corrected chi connectivity index (χ4v) is 2.04. The first-order valence-electron chi connectivity index (χ1n) is 5.91. The van der Waals surface area contributed by atoms with Gasteiger partial charge in [-0.05, 0) is 24.3 Å². The third-order valence-corrected chi connectivity index (χ3v) is 3.19. The summed E-state index contributed by atoms with van der Waals surface area (Å²) in [6.07, 6.45) is 1.47. The van der Waals surface area contributed by atoms with Crippen molar-refractivity contribution in [1.29, 1.82) is 0 Å². The van der Waals surface area contributed by atoms with E-state index in [4.69, 9.17) is 5.73 Å². The van der Waals surface area contributed by atoms with E-state index in [0.29, 0.717) is 15.7 Å². The maximum absolute atomic E-state index is 12.1. The van der Waals surface area contributed by atoms with E-state index in [1.54, 1.807) is 12.1 Å². The summed E-state index contributed by atoms with van der Waals surface area (Å²) in [4.78, 5) is 26.6. The topological polar surface area (TPSA) is 111 Å². The van der Waals surface area contributed by atoms with Crippen molar-refractivity contribution in [2.45, 2.75) is 6.54 Å². The van der Waals surface area contributed by atoms with Crippen LogP contribution in [0.3, 0.4) is 0 Å². The molecule has 0 atom stereocenters. The van der Waals surface area contributed by atoms with Gasteiger partial charge in [-0.2, -0.15) is 0 Å². The van der Waals surface area contributed by atoms with E-state index in [1.807, 2.05) is 0 Å². The largest absolute Gasteiger partial charge is 0.325 e. The van der Waals surface area contributed by atoms with Crippen LogP contribution in [0, 0.1) is 10.1 Å². The van der Waals surface area contributed by atoms with Gasteiger partial charge < -0.3 is 11.1 Å². The van der Waals surface area contributed by atoms with E-state index < -0.39 is 10.8 Å². The number of benzene rings is 1. The highest BCUT2D eigenvalue weighted by Gasteiger charge is 2.17. The first-order chi connectivity index (χ1) is 10.0. The molecule has 108 valence electrons. The quantitative estimate of drug-likeness (QED) is 0.649. The van der Waals surface area contributed by atoms with Crippen molar-refractivity contribution >= 4 is 33.2 Å². The standard InChI is InChI=1S/C13H11BrN4O3/c14-9-1-2-11(12(6-9)18(20)21)17-13(19)8-3-4-16-10(5-8)7-15/h1-6H,7,15H2,(H,17,19). The highest BCUT2D eigenvalue weighted by molar-refractivity contribution is 9.10. The Morgan fingerprint density at radius 3 is 2.81 bits per heavy atom. The molecule has 2 rings (SSSR count). The molecule has 0 saturated heterocycles.